The van der Waals surface area contributed by atoms with Crippen molar-refractivity contribution in [3.63, 3.8) is 0 Å². The van der Waals surface area contributed by atoms with Crippen molar-refractivity contribution in [1.29, 1.82) is 0 Å². The summed E-state index contributed by atoms with van der Waals surface area (Å²) in [7, 11) is 1.62. The average molecular weight is 209 g/mol. The number of carbonyl (C=O) groups is 1. The number of hydrogen-bond donors (Lipinski definition) is 1. The molecule has 0 unspecified atom stereocenters. The molecular formula is C9H11N3O3. The third kappa shape index (κ3) is 1.71. The highest BCUT2D eigenvalue weighted by molar-refractivity contribution is 5.86. The van der Waals surface area contributed by atoms with E-state index in [0.29, 0.717) is 13.2 Å². The minimum Gasteiger partial charge on any atom is -0.476 e. The Morgan fingerprint density at radius 1 is 1.60 bits per heavy atom. The standard InChI is InChI=1S/C9H11N3O3/c1-15-5-4-11-2-3-12-8(11)6-7(10-12)9(13)14/h2-3,6H,4-5H2,1H3,(H,13,14). The van der Waals surface area contributed by atoms with Gasteiger partial charge in [-0.1, -0.05) is 0 Å². The summed E-state index contributed by atoms with van der Waals surface area (Å²) in [5.41, 5.74) is 0.807. The number of aromatic nitrogens is 3. The molecule has 0 radical (unpaired) electrons. The fourth-order valence-electron chi connectivity index (χ4n) is 1.41. The van der Waals surface area contributed by atoms with Crippen LogP contribution in [0.15, 0.2) is 18.5 Å². The Labute approximate surface area is 85.7 Å². The maximum absolute atomic E-state index is 10.7. The van der Waals surface area contributed by atoms with Crippen LogP contribution in [0.1, 0.15) is 10.5 Å². The first-order chi connectivity index (χ1) is 7.22. The number of hydrogen-bond acceptors (Lipinski definition) is 3. The Morgan fingerprint density at radius 2 is 2.40 bits per heavy atom. The fourth-order valence-corrected chi connectivity index (χ4v) is 1.41. The third-order valence-corrected chi connectivity index (χ3v) is 2.15. The first-order valence-corrected chi connectivity index (χ1v) is 4.49. The van der Waals surface area contributed by atoms with E-state index in [4.69, 9.17) is 9.84 Å². The quantitative estimate of drug-likeness (QED) is 0.795. The first-order valence-electron chi connectivity index (χ1n) is 4.49. The first kappa shape index (κ1) is 9.72. The van der Waals surface area contributed by atoms with Crippen molar-refractivity contribution >= 4 is 11.6 Å². The summed E-state index contributed by atoms with van der Waals surface area (Å²) in [5, 5.41) is 12.7. The van der Waals surface area contributed by atoms with Crippen LogP contribution in [0.25, 0.3) is 5.65 Å². The molecule has 2 aromatic rings. The molecule has 0 aliphatic heterocycles. The zero-order chi connectivity index (χ0) is 10.8. The van der Waals surface area contributed by atoms with Crippen LogP contribution in [0.3, 0.4) is 0 Å². The largest absolute Gasteiger partial charge is 0.476 e. The molecule has 0 fully saturated rings. The summed E-state index contributed by atoms with van der Waals surface area (Å²) in [6, 6.07) is 1.54. The van der Waals surface area contributed by atoms with Crippen LogP contribution in [0.2, 0.25) is 0 Å². The highest BCUT2D eigenvalue weighted by Gasteiger charge is 2.11. The van der Waals surface area contributed by atoms with Gasteiger partial charge in [0.05, 0.1) is 6.61 Å². The fraction of sp³-hybridized carbons (Fsp3) is 0.333. The van der Waals surface area contributed by atoms with Gasteiger partial charge >= 0.3 is 5.97 Å². The van der Waals surface area contributed by atoms with Crippen molar-refractivity contribution in [2.24, 2.45) is 0 Å². The molecule has 0 amide bonds. The van der Waals surface area contributed by atoms with Crippen molar-refractivity contribution in [3.05, 3.63) is 24.2 Å². The van der Waals surface area contributed by atoms with Gasteiger partial charge in [0.25, 0.3) is 0 Å². The van der Waals surface area contributed by atoms with Gasteiger partial charge in [-0.05, 0) is 0 Å². The average Bonchev–Trinajstić information content (AvgIpc) is 2.74. The number of methoxy groups -OCH3 is 1. The molecule has 0 aliphatic rings. The second kappa shape index (κ2) is 3.74. The lowest BCUT2D eigenvalue weighted by molar-refractivity contribution is 0.0690. The van der Waals surface area contributed by atoms with Crippen LogP contribution in [0.5, 0.6) is 0 Å². The molecular weight excluding hydrogens is 198 g/mol. The number of imidazole rings is 1. The van der Waals surface area contributed by atoms with Gasteiger partial charge in [0.1, 0.15) is 5.65 Å². The van der Waals surface area contributed by atoms with E-state index < -0.39 is 5.97 Å². The predicted octanol–water partition coefficient (Wildman–Crippen LogP) is 0.480. The third-order valence-electron chi connectivity index (χ3n) is 2.15. The molecule has 6 nitrogen and oxygen atoms in total. The molecule has 0 saturated carbocycles. The molecule has 2 rings (SSSR count). The van der Waals surface area contributed by atoms with Crippen LogP contribution in [0, 0.1) is 0 Å². The Balaban J connectivity index is 2.36. The second-order valence-electron chi connectivity index (χ2n) is 3.12. The maximum atomic E-state index is 10.7. The van der Waals surface area contributed by atoms with Crippen LogP contribution in [-0.4, -0.2) is 39.0 Å². The number of nitrogens with zero attached hydrogens (tertiary/aromatic N) is 3. The molecule has 0 saturated heterocycles. The topological polar surface area (TPSA) is 68.8 Å². The molecule has 0 atom stereocenters. The van der Waals surface area contributed by atoms with Gasteiger partial charge in [-0.3, -0.25) is 0 Å². The van der Waals surface area contributed by atoms with Crippen molar-refractivity contribution < 1.29 is 14.6 Å². The second-order valence-corrected chi connectivity index (χ2v) is 3.12. The molecule has 1 N–H and O–H groups in total. The molecule has 0 aromatic carbocycles. The lowest BCUT2D eigenvalue weighted by Gasteiger charge is -2.00. The van der Waals surface area contributed by atoms with E-state index >= 15 is 0 Å². The van der Waals surface area contributed by atoms with Crippen molar-refractivity contribution in [3.8, 4) is 0 Å². The minimum atomic E-state index is -1.02. The number of carboxylic acids is 1. The molecule has 2 aromatic heterocycles. The van der Waals surface area contributed by atoms with Crippen LogP contribution in [0.4, 0.5) is 0 Å². The van der Waals surface area contributed by atoms with Gasteiger partial charge in [0.2, 0.25) is 0 Å². The van der Waals surface area contributed by atoms with Gasteiger partial charge in [0.15, 0.2) is 5.69 Å². The van der Waals surface area contributed by atoms with E-state index in [9.17, 15) is 4.79 Å². The van der Waals surface area contributed by atoms with Gasteiger partial charge in [-0.15, -0.1) is 0 Å². The smallest absolute Gasteiger partial charge is 0.356 e. The Bertz CT molecular complexity index is 486. The normalized spacial score (nSPS) is 11.0. The summed E-state index contributed by atoms with van der Waals surface area (Å²) in [4.78, 5) is 10.7. The van der Waals surface area contributed by atoms with E-state index in [1.54, 1.807) is 17.8 Å². The molecule has 0 aliphatic carbocycles. The van der Waals surface area contributed by atoms with Crippen molar-refractivity contribution in [1.82, 2.24) is 14.2 Å². The number of ether oxygens (including phenoxy) is 1. The van der Waals surface area contributed by atoms with Crippen LogP contribution in [-0.2, 0) is 11.3 Å². The van der Waals surface area contributed by atoms with Crippen molar-refractivity contribution in [2.75, 3.05) is 13.7 Å². The number of fused-ring (bicyclic) bond motifs is 1. The lowest BCUT2D eigenvalue weighted by Crippen LogP contribution is -2.02. The molecule has 15 heavy (non-hydrogen) atoms. The van der Waals surface area contributed by atoms with Gasteiger partial charge in [-0.25, -0.2) is 9.31 Å². The van der Waals surface area contributed by atoms with E-state index in [1.807, 2.05) is 10.8 Å². The van der Waals surface area contributed by atoms with Gasteiger partial charge in [0, 0.05) is 32.1 Å². The SMILES string of the molecule is COCCn1ccn2nc(C(=O)O)cc12. The molecule has 0 bridgehead atoms. The van der Waals surface area contributed by atoms with E-state index in [1.165, 1.54) is 6.07 Å². The minimum absolute atomic E-state index is 0.0526. The zero-order valence-electron chi connectivity index (χ0n) is 8.25. The van der Waals surface area contributed by atoms with Crippen molar-refractivity contribution in [2.45, 2.75) is 6.54 Å². The molecule has 0 spiro atoms. The highest BCUT2D eigenvalue weighted by atomic mass is 16.5. The maximum Gasteiger partial charge on any atom is 0.356 e. The summed E-state index contributed by atoms with van der Waals surface area (Å²) in [6.45, 7) is 1.26. The van der Waals surface area contributed by atoms with Crippen LogP contribution < -0.4 is 0 Å². The Kier molecular flexibility index (Phi) is 2.42. The Hall–Kier alpha value is -1.82. The summed E-state index contributed by atoms with van der Waals surface area (Å²) >= 11 is 0. The number of aromatic carboxylic acids is 1. The molecule has 80 valence electrons. The summed E-state index contributed by atoms with van der Waals surface area (Å²) in [5.74, 6) is -1.02. The number of carboxylic acid groups (broad SMARTS) is 1. The molecule has 2 heterocycles. The van der Waals surface area contributed by atoms with E-state index in [-0.39, 0.29) is 5.69 Å². The number of rotatable bonds is 4. The van der Waals surface area contributed by atoms with E-state index in [0.717, 1.165) is 5.65 Å². The highest BCUT2D eigenvalue weighted by Crippen LogP contribution is 2.08. The Morgan fingerprint density at radius 3 is 3.07 bits per heavy atom. The monoisotopic (exact) mass is 209 g/mol. The summed E-state index contributed by atoms with van der Waals surface area (Å²) < 4.78 is 8.38. The lowest BCUT2D eigenvalue weighted by atomic mass is 10.4. The van der Waals surface area contributed by atoms with E-state index in [2.05, 4.69) is 5.10 Å². The van der Waals surface area contributed by atoms with Crippen LogP contribution >= 0.6 is 0 Å². The predicted molar refractivity (Wildman–Crippen MR) is 52.0 cm³/mol. The summed E-state index contributed by atoms with van der Waals surface area (Å²) in [6.07, 6.45) is 3.56. The van der Waals surface area contributed by atoms with Gasteiger partial charge < -0.3 is 14.4 Å². The van der Waals surface area contributed by atoms with Gasteiger partial charge in [-0.2, -0.15) is 5.10 Å². The molecule has 6 heteroatoms. The zero-order valence-corrected chi connectivity index (χ0v) is 8.25.